The maximum Gasteiger partial charge on any atom is 0.453 e. The second-order valence-corrected chi connectivity index (χ2v) is 14.6. The van der Waals surface area contributed by atoms with Crippen LogP contribution in [0.25, 0.3) is 0 Å². The van der Waals surface area contributed by atoms with E-state index in [0.29, 0.717) is 55.6 Å². The Hall–Kier alpha value is -4.11. The standard InChI is InChI=1S/C26H33F8N3O6S.C3H4N2O2/c1-23(2)21(38)36(18-11-12-20(37(40)41)19(17-18)25(29,30)31)22(39)35(23)14-8-6-4-3-5-7-9-15-44(42,43)16-10-13-24(27,28)26(32,33)34;6-2-1-4-3(7)5-2/h11-12,17H,3-10,13-16H2,1-2H3;1H2,(H2,4,5,6,7). The number of hydrogen-bond donors (Lipinski definition) is 2. The predicted octanol–water partition coefficient (Wildman–Crippen LogP) is 6.11. The van der Waals surface area contributed by atoms with Crippen LogP contribution in [0, 0.1) is 10.1 Å². The molecule has 51 heavy (non-hydrogen) atoms. The van der Waals surface area contributed by atoms with E-state index in [1.807, 2.05) is 5.32 Å². The monoisotopic (exact) mass is 767 g/mol. The van der Waals surface area contributed by atoms with Crippen molar-refractivity contribution in [2.75, 3.05) is 29.5 Å². The highest BCUT2D eigenvalue weighted by Gasteiger charge is 2.56. The number of unbranched alkanes of at least 4 members (excludes halogenated alkanes) is 6. The first-order chi connectivity index (χ1) is 23.3. The first kappa shape index (κ1) is 43.1. The number of benzene rings is 1. The summed E-state index contributed by atoms with van der Waals surface area (Å²) >= 11 is 0. The Morgan fingerprint density at radius 2 is 1.41 bits per heavy atom. The Balaban J connectivity index is 0.00000114. The first-order valence-corrected chi connectivity index (χ1v) is 17.4. The molecule has 1 aromatic carbocycles. The Kier molecular flexibility index (Phi) is 14.3. The van der Waals surface area contributed by atoms with Crippen molar-refractivity contribution in [3.63, 3.8) is 0 Å². The van der Waals surface area contributed by atoms with Crippen LogP contribution in [0.5, 0.6) is 0 Å². The van der Waals surface area contributed by atoms with Gasteiger partial charge in [0.2, 0.25) is 5.91 Å². The molecule has 13 nitrogen and oxygen atoms in total. The molecule has 2 heterocycles. The zero-order valence-electron chi connectivity index (χ0n) is 27.5. The lowest BCUT2D eigenvalue weighted by Gasteiger charge is -2.27. The molecule has 2 fully saturated rings. The smallest absolute Gasteiger partial charge is 0.329 e. The molecule has 0 unspecified atom stereocenters. The molecule has 2 aliphatic rings. The van der Waals surface area contributed by atoms with Crippen LogP contribution in [-0.4, -0.2) is 84.4 Å². The molecule has 6 amide bonds. The summed E-state index contributed by atoms with van der Waals surface area (Å²) in [6, 6.07) is 0.616. The minimum atomic E-state index is -5.73. The minimum absolute atomic E-state index is 0.0960. The van der Waals surface area contributed by atoms with E-state index >= 15 is 0 Å². The number of anilines is 1. The van der Waals surface area contributed by atoms with Crippen LogP contribution in [0.4, 0.5) is 56.1 Å². The Morgan fingerprint density at radius 3 is 1.88 bits per heavy atom. The average Bonchev–Trinajstić information content (AvgIpc) is 3.45. The van der Waals surface area contributed by atoms with Gasteiger partial charge in [-0.15, -0.1) is 0 Å². The van der Waals surface area contributed by atoms with Gasteiger partial charge in [0.1, 0.15) is 20.9 Å². The molecule has 0 aliphatic carbocycles. The number of urea groups is 2. The maximum atomic E-state index is 13.4. The van der Waals surface area contributed by atoms with Gasteiger partial charge in [-0.1, -0.05) is 32.1 Å². The predicted molar refractivity (Wildman–Crippen MR) is 165 cm³/mol. The van der Waals surface area contributed by atoms with Gasteiger partial charge in [0.15, 0.2) is 0 Å². The third-order valence-corrected chi connectivity index (χ3v) is 9.75. The van der Waals surface area contributed by atoms with Crippen LogP contribution >= 0.6 is 0 Å². The number of amides is 6. The Labute approximate surface area is 287 Å². The topological polar surface area (TPSA) is 176 Å². The van der Waals surface area contributed by atoms with Crippen molar-refractivity contribution in [1.29, 1.82) is 0 Å². The highest BCUT2D eigenvalue weighted by atomic mass is 32.2. The largest absolute Gasteiger partial charge is 0.453 e. The number of nitrogens with one attached hydrogen (secondary N) is 2. The lowest BCUT2D eigenvalue weighted by atomic mass is 10.0. The van der Waals surface area contributed by atoms with Gasteiger partial charge >= 0.3 is 30.3 Å². The van der Waals surface area contributed by atoms with Crippen molar-refractivity contribution in [2.24, 2.45) is 0 Å². The maximum absolute atomic E-state index is 13.4. The molecule has 3 rings (SSSR count). The van der Waals surface area contributed by atoms with E-state index < -0.39 is 92.1 Å². The van der Waals surface area contributed by atoms with E-state index in [4.69, 9.17) is 0 Å². The first-order valence-electron chi connectivity index (χ1n) is 15.6. The van der Waals surface area contributed by atoms with Crippen LogP contribution in [0.2, 0.25) is 0 Å². The van der Waals surface area contributed by atoms with Crippen molar-refractivity contribution >= 4 is 45.1 Å². The second kappa shape index (κ2) is 16.9. The number of nitro benzene ring substituents is 1. The van der Waals surface area contributed by atoms with Gasteiger partial charge in [-0.05, 0) is 45.2 Å². The molecule has 1 aromatic rings. The number of carbonyl (C=O) groups is 4. The van der Waals surface area contributed by atoms with Crippen molar-refractivity contribution < 1.29 is 67.6 Å². The van der Waals surface area contributed by atoms with Gasteiger partial charge in [-0.2, -0.15) is 35.1 Å². The molecule has 0 saturated carbocycles. The molecule has 0 aromatic heterocycles. The van der Waals surface area contributed by atoms with Gasteiger partial charge in [0, 0.05) is 19.0 Å². The van der Waals surface area contributed by atoms with E-state index in [1.165, 1.54) is 18.7 Å². The van der Waals surface area contributed by atoms with Gasteiger partial charge in [-0.25, -0.2) is 22.9 Å². The van der Waals surface area contributed by atoms with Gasteiger partial charge in [0.25, 0.3) is 11.6 Å². The van der Waals surface area contributed by atoms with Crippen LogP contribution in [0.1, 0.15) is 77.2 Å². The zero-order valence-corrected chi connectivity index (χ0v) is 28.3. The van der Waals surface area contributed by atoms with Gasteiger partial charge in [-0.3, -0.25) is 25.0 Å². The molecule has 2 aliphatic heterocycles. The second-order valence-electron chi connectivity index (χ2n) is 12.3. The van der Waals surface area contributed by atoms with Crippen molar-refractivity contribution in [1.82, 2.24) is 15.5 Å². The number of carbonyl (C=O) groups excluding carboxylic acids is 4. The number of hydrogen-bond acceptors (Lipinski definition) is 8. The lowest BCUT2D eigenvalue weighted by molar-refractivity contribution is -0.388. The molecule has 22 heteroatoms. The van der Waals surface area contributed by atoms with E-state index in [1.54, 1.807) is 0 Å². The Morgan fingerprint density at radius 1 is 0.863 bits per heavy atom. The number of halogens is 8. The van der Waals surface area contributed by atoms with Crippen molar-refractivity contribution in [3.05, 3.63) is 33.9 Å². The lowest BCUT2D eigenvalue weighted by Crippen LogP contribution is -2.44. The summed E-state index contributed by atoms with van der Waals surface area (Å²) < 4.78 is 126. The van der Waals surface area contributed by atoms with Gasteiger partial charge < -0.3 is 10.2 Å². The highest BCUT2D eigenvalue weighted by Crippen LogP contribution is 2.41. The number of nitrogens with zero attached hydrogens (tertiary/aromatic N) is 3. The summed E-state index contributed by atoms with van der Waals surface area (Å²) in [6.45, 7) is 3.08. The van der Waals surface area contributed by atoms with Crippen molar-refractivity contribution in [2.45, 2.75) is 95.4 Å². The molecule has 0 spiro atoms. The summed E-state index contributed by atoms with van der Waals surface area (Å²) in [4.78, 5) is 57.7. The van der Waals surface area contributed by atoms with Crippen molar-refractivity contribution in [3.8, 4) is 0 Å². The molecular formula is C29H37F8N5O8S. The van der Waals surface area contributed by atoms with Crippen LogP contribution < -0.4 is 15.5 Å². The normalized spacial score (nSPS) is 16.6. The molecule has 2 N–H and O–H groups in total. The Bertz CT molecular complexity index is 1550. The summed E-state index contributed by atoms with van der Waals surface area (Å²) in [5, 5.41) is 15.3. The molecule has 0 bridgehead atoms. The highest BCUT2D eigenvalue weighted by molar-refractivity contribution is 7.91. The number of imide groups is 2. The van der Waals surface area contributed by atoms with Gasteiger partial charge in [0.05, 0.1) is 28.7 Å². The molecule has 0 radical (unpaired) electrons. The van der Waals surface area contributed by atoms with E-state index in [-0.39, 0.29) is 31.2 Å². The zero-order chi connectivity index (χ0) is 39.0. The SMILES string of the molecule is CC1(C)C(=O)N(c2ccc([N+](=O)[O-])c(C(F)(F)F)c2)C(=O)N1CCCCCCCCCS(=O)(=O)CCCC(F)(F)C(F)(F)F.O=C1CNC(=O)N1. The quantitative estimate of drug-likeness (QED) is 0.0666. The fourth-order valence-corrected chi connectivity index (χ4v) is 6.53. The van der Waals surface area contributed by atoms with E-state index in [0.717, 1.165) is 6.07 Å². The van der Waals surface area contributed by atoms with E-state index in [9.17, 15) is 72.8 Å². The molecule has 0 atom stereocenters. The van der Waals surface area contributed by atoms with Crippen LogP contribution in [-0.2, 0) is 25.6 Å². The third kappa shape index (κ3) is 12.0. The third-order valence-electron chi connectivity index (χ3n) is 7.92. The summed E-state index contributed by atoms with van der Waals surface area (Å²) in [5.41, 5.74) is -4.66. The van der Waals surface area contributed by atoms with E-state index in [2.05, 4.69) is 5.32 Å². The average molecular weight is 768 g/mol. The summed E-state index contributed by atoms with van der Waals surface area (Å²) in [5.74, 6) is -7.10. The summed E-state index contributed by atoms with van der Waals surface area (Å²) in [6.07, 6.45) is -9.57. The van der Waals surface area contributed by atoms with Crippen LogP contribution in [0.15, 0.2) is 18.2 Å². The molecule has 2 saturated heterocycles. The number of sulfone groups is 1. The number of rotatable bonds is 16. The fraction of sp³-hybridized carbons (Fsp3) is 0.655. The number of alkyl halides is 8. The molecule has 288 valence electrons. The fourth-order valence-electron chi connectivity index (χ4n) is 5.10. The van der Waals surface area contributed by atoms with Crippen LogP contribution in [0.3, 0.4) is 0 Å². The molecular weight excluding hydrogens is 730 g/mol. The minimum Gasteiger partial charge on any atom is -0.329 e. The summed E-state index contributed by atoms with van der Waals surface area (Å²) in [7, 11) is -3.78. The number of nitro groups is 1.